The molecule has 0 saturated carbocycles. The lowest BCUT2D eigenvalue weighted by Crippen LogP contribution is -2.27. The van der Waals surface area contributed by atoms with Crippen molar-refractivity contribution in [2.45, 2.75) is 12.2 Å². The van der Waals surface area contributed by atoms with Gasteiger partial charge in [0.15, 0.2) is 6.10 Å². The average Bonchev–Trinajstić information content (AvgIpc) is 2.19. The number of aliphatic carboxylic acids is 1. The van der Waals surface area contributed by atoms with E-state index in [1.54, 1.807) is 0 Å². The summed E-state index contributed by atoms with van der Waals surface area (Å²) in [6.45, 7) is 0. The predicted molar refractivity (Wildman–Crippen MR) is 51.7 cm³/mol. The summed E-state index contributed by atoms with van der Waals surface area (Å²) in [7, 11) is 0. The summed E-state index contributed by atoms with van der Waals surface area (Å²) in [4.78, 5) is 10.4. The molecule has 1 aromatic carbocycles. The third-order valence-corrected chi connectivity index (χ3v) is 2.17. The van der Waals surface area contributed by atoms with Crippen LogP contribution < -0.4 is 0 Å². The fourth-order valence-electron chi connectivity index (χ4n) is 1.02. The minimum absolute atomic E-state index is 0.0239. The normalized spacial score (nSPS) is 14.6. The molecule has 0 bridgehead atoms. The lowest BCUT2D eigenvalue weighted by Gasteiger charge is -2.14. The molecule has 0 aromatic heterocycles. The van der Waals surface area contributed by atoms with Crippen LogP contribution in [0.1, 0.15) is 11.7 Å². The van der Waals surface area contributed by atoms with Gasteiger partial charge in [-0.05, 0) is 17.7 Å². The maximum Gasteiger partial charge on any atom is 0.335 e. The van der Waals surface area contributed by atoms with Crippen molar-refractivity contribution >= 4 is 17.6 Å². The zero-order chi connectivity index (χ0) is 11.6. The Morgan fingerprint density at radius 3 is 2.40 bits per heavy atom. The number of phenols is 1. The van der Waals surface area contributed by atoms with Gasteiger partial charge in [-0.2, -0.15) is 0 Å². The Labute approximate surface area is 90.2 Å². The highest BCUT2D eigenvalue weighted by atomic mass is 35.5. The summed E-state index contributed by atoms with van der Waals surface area (Å²) in [5.41, 5.74) is 0.118. The van der Waals surface area contributed by atoms with E-state index in [1.165, 1.54) is 18.2 Å². The first-order valence-electron chi connectivity index (χ1n) is 4.01. The minimum Gasteiger partial charge on any atom is -0.506 e. The van der Waals surface area contributed by atoms with Crippen LogP contribution in [0.3, 0.4) is 0 Å². The Balaban J connectivity index is 2.96. The van der Waals surface area contributed by atoms with Gasteiger partial charge >= 0.3 is 5.97 Å². The molecule has 0 aliphatic heterocycles. The first-order valence-corrected chi connectivity index (χ1v) is 4.38. The molecule has 0 radical (unpaired) electrons. The van der Waals surface area contributed by atoms with Crippen LogP contribution in [0, 0.1) is 0 Å². The minimum atomic E-state index is -1.93. The summed E-state index contributed by atoms with van der Waals surface area (Å²) < 4.78 is 0. The quantitative estimate of drug-likeness (QED) is 0.609. The van der Waals surface area contributed by atoms with E-state index in [0.717, 1.165) is 0 Å². The summed E-state index contributed by atoms with van der Waals surface area (Å²) >= 11 is 5.55. The second kappa shape index (κ2) is 4.48. The van der Waals surface area contributed by atoms with Gasteiger partial charge in [-0.1, -0.05) is 17.7 Å². The van der Waals surface area contributed by atoms with Crippen LogP contribution in [0.2, 0.25) is 5.02 Å². The Kier molecular flexibility index (Phi) is 3.52. The molecule has 0 saturated heterocycles. The number of aromatic hydroxyl groups is 1. The number of phenolic OH excluding ortho intramolecular Hbond substituents is 1. The highest BCUT2D eigenvalue weighted by Gasteiger charge is 2.25. The van der Waals surface area contributed by atoms with E-state index in [1.807, 2.05) is 0 Å². The van der Waals surface area contributed by atoms with Crippen molar-refractivity contribution in [2.24, 2.45) is 0 Å². The van der Waals surface area contributed by atoms with Gasteiger partial charge in [-0.15, -0.1) is 0 Å². The summed E-state index contributed by atoms with van der Waals surface area (Å²) in [6.07, 6.45) is -3.51. The molecule has 0 heterocycles. The Morgan fingerprint density at radius 1 is 1.33 bits per heavy atom. The van der Waals surface area contributed by atoms with Crippen molar-refractivity contribution in [2.75, 3.05) is 0 Å². The maximum absolute atomic E-state index is 10.4. The van der Waals surface area contributed by atoms with Gasteiger partial charge in [0.05, 0.1) is 5.02 Å². The summed E-state index contributed by atoms with van der Waals surface area (Å²) in [5, 5.41) is 36.0. The van der Waals surface area contributed by atoms with Crippen LogP contribution in [0.4, 0.5) is 0 Å². The van der Waals surface area contributed by atoms with E-state index in [4.69, 9.17) is 26.9 Å². The average molecular weight is 233 g/mol. The van der Waals surface area contributed by atoms with Crippen molar-refractivity contribution in [1.29, 1.82) is 0 Å². The van der Waals surface area contributed by atoms with Crippen molar-refractivity contribution in [1.82, 2.24) is 0 Å². The summed E-state index contributed by atoms with van der Waals surface area (Å²) in [5.74, 6) is -1.72. The molecular formula is C9H9ClO5. The molecule has 82 valence electrons. The topological polar surface area (TPSA) is 98.0 Å². The molecule has 2 atom stereocenters. The van der Waals surface area contributed by atoms with Crippen LogP contribution in [0.25, 0.3) is 0 Å². The van der Waals surface area contributed by atoms with E-state index >= 15 is 0 Å². The van der Waals surface area contributed by atoms with Crippen LogP contribution >= 0.6 is 11.6 Å². The highest BCUT2D eigenvalue weighted by molar-refractivity contribution is 6.32. The van der Waals surface area contributed by atoms with E-state index in [-0.39, 0.29) is 16.3 Å². The number of carbonyl (C=O) groups is 1. The zero-order valence-electron chi connectivity index (χ0n) is 7.46. The van der Waals surface area contributed by atoms with Crippen molar-refractivity contribution in [3.63, 3.8) is 0 Å². The molecule has 0 amide bonds. The lowest BCUT2D eigenvalue weighted by atomic mass is 10.0. The third kappa shape index (κ3) is 2.59. The monoisotopic (exact) mass is 232 g/mol. The Morgan fingerprint density at radius 2 is 1.93 bits per heavy atom. The van der Waals surface area contributed by atoms with E-state index in [9.17, 15) is 9.90 Å². The Hall–Kier alpha value is -1.30. The van der Waals surface area contributed by atoms with Crippen LogP contribution in [0.5, 0.6) is 5.75 Å². The van der Waals surface area contributed by atoms with Gasteiger partial charge in [0, 0.05) is 0 Å². The first kappa shape index (κ1) is 11.8. The first-order chi connectivity index (χ1) is 6.93. The molecule has 5 nitrogen and oxygen atoms in total. The molecule has 0 aliphatic carbocycles. The molecule has 15 heavy (non-hydrogen) atoms. The molecule has 0 spiro atoms. The van der Waals surface area contributed by atoms with E-state index in [2.05, 4.69) is 0 Å². The zero-order valence-corrected chi connectivity index (χ0v) is 8.22. The van der Waals surface area contributed by atoms with Gasteiger partial charge in [0.1, 0.15) is 11.9 Å². The number of rotatable bonds is 3. The molecule has 1 rings (SSSR count). The van der Waals surface area contributed by atoms with Gasteiger partial charge in [-0.25, -0.2) is 4.79 Å². The molecule has 0 aliphatic rings. The largest absolute Gasteiger partial charge is 0.506 e. The Bertz CT molecular complexity index is 379. The van der Waals surface area contributed by atoms with Gasteiger partial charge in [-0.3, -0.25) is 0 Å². The molecule has 0 fully saturated rings. The number of aliphatic hydroxyl groups is 2. The fourth-order valence-corrected chi connectivity index (χ4v) is 1.21. The number of carboxylic acid groups (broad SMARTS) is 1. The number of carboxylic acids is 1. The van der Waals surface area contributed by atoms with Crippen LogP contribution in [0.15, 0.2) is 18.2 Å². The number of aliphatic hydroxyl groups excluding tert-OH is 2. The van der Waals surface area contributed by atoms with E-state index < -0.39 is 18.2 Å². The predicted octanol–water partition coefficient (Wildman–Crippen LogP) is 0.524. The third-order valence-electron chi connectivity index (χ3n) is 1.87. The second-order valence-corrected chi connectivity index (χ2v) is 3.35. The number of hydrogen-bond acceptors (Lipinski definition) is 4. The summed E-state index contributed by atoms with van der Waals surface area (Å²) in [6, 6.07) is 3.67. The standard InChI is InChI=1S/C9H9ClO5/c10-5-3-4(1-2-6(5)11)7(12)8(13)9(14)15/h1-3,7-8,11-13H,(H,14,15). The van der Waals surface area contributed by atoms with Crippen molar-refractivity contribution < 1.29 is 25.2 Å². The lowest BCUT2D eigenvalue weighted by molar-refractivity contribution is -0.153. The molecule has 1 aromatic rings. The number of halogens is 1. The maximum atomic E-state index is 10.4. The van der Waals surface area contributed by atoms with Crippen LogP contribution in [-0.4, -0.2) is 32.5 Å². The van der Waals surface area contributed by atoms with Gasteiger partial charge in [0.25, 0.3) is 0 Å². The molecule has 6 heteroatoms. The van der Waals surface area contributed by atoms with Gasteiger partial charge < -0.3 is 20.4 Å². The molecular weight excluding hydrogens is 224 g/mol. The van der Waals surface area contributed by atoms with Crippen LogP contribution in [-0.2, 0) is 4.79 Å². The molecule has 4 N–H and O–H groups in total. The highest BCUT2D eigenvalue weighted by Crippen LogP contribution is 2.27. The number of benzene rings is 1. The van der Waals surface area contributed by atoms with Gasteiger partial charge in [0.2, 0.25) is 0 Å². The number of hydrogen-bond donors (Lipinski definition) is 4. The van der Waals surface area contributed by atoms with Crippen molar-refractivity contribution in [3.8, 4) is 5.75 Å². The SMILES string of the molecule is O=C(O)C(O)C(O)c1ccc(O)c(Cl)c1. The second-order valence-electron chi connectivity index (χ2n) is 2.94. The fraction of sp³-hybridized carbons (Fsp3) is 0.222. The smallest absolute Gasteiger partial charge is 0.335 e. The molecule has 2 unspecified atom stereocenters. The van der Waals surface area contributed by atoms with E-state index in [0.29, 0.717) is 0 Å². The van der Waals surface area contributed by atoms with Crippen molar-refractivity contribution in [3.05, 3.63) is 28.8 Å².